The Morgan fingerprint density at radius 2 is 2.02 bits per heavy atom. The van der Waals surface area contributed by atoms with Gasteiger partial charge in [0.25, 0.3) is 0 Å². The highest BCUT2D eigenvalue weighted by Gasteiger charge is 2.31. The molecule has 0 radical (unpaired) electrons. The lowest BCUT2D eigenvalue weighted by Crippen LogP contribution is -2.46. The predicted octanol–water partition coefficient (Wildman–Crippen LogP) is 7.40. The fraction of sp³-hybridized carbons (Fsp3) is 0.387. The van der Waals surface area contributed by atoms with Crippen molar-refractivity contribution in [1.82, 2.24) is 29.2 Å². The van der Waals surface area contributed by atoms with Crippen LogP contribution in [0.25, 0.3) is 0 Å². The van der Waals surface area contributed by atoms with E-state index in [1.54, 1.807) is 43.1 Å². The van der Waals surface area contributed by atoms with E-state index in [0.29, 0.717) is 36.1 Å². The number of ether oxygens (including phenoxy) is 1. The van der Waals surface area contributed by atoms with Crippen LogP contribution in [0.2, 0.25) is 10.0 Å². The lowest BCUT2D eigenvalue weighted by atomic mass is 9.94. The van der Waals surface area contributed by atoms with Crippen molar-refractivity contribution in [3.8, 4) is 0 Å². The fourth-order valence-electron chi connectivity index (χ4n) is 4.49. The monoisotopic (exact) mass is 628 g/mol. The Hall–Kier alpha value is -3.89. The van der Waals surface area contributed by atoms with Gasteiger partial charge < -0.3 is 14.1 Å². The topological polar surface area (TPSA) is 108 Å². The van der Waals surface area contributed by atoms with Gasteiger partial charge in [0, 0.05) is 34.9 Å². The first-order chi connectivity index (χ1) is 20.9. The number of benzene rings is 1. The molecule has 230 valence electrons. The molecule has 1 aromatic carbocycles. The summed E-state index contributed by atoms with van der Waals surface area (Å²) < 4.78 is 13.8. The normalized spacial score (nSPS) is 12.1. The maximum absolute atomic E-state index is 12.8. The van der Waals surface area contributed by atoms with Crippen LogP contribution in [0.4, 0.5) is 4.79 Å². The molecule has 0 aliphatic heterocycles. The van der Waals surface area contributed by atoms with Crippen LogP contribution in [0.1, 0.15) is 63.2 Å². The van der Waals surface area contributed by atoms with Gasteiger partial charge in [-0.2, -0.15) is 5.10 Å². The van der Waals surface area contributed by atoms with Crippen LogP contribution in [0.5, 0.6) is 0 Å². The standard InChI is InChI=1S/C18H23N3O4.C13H15Cl2N3/c1-3-5-6-11-25-17(22)16(4-2)21(13-15-8-7-12-24-15)18(23)20-10-9-19-14-20;1-2-3-10(7-18-9-16-8-17-18)12-5-4-11(14)6-13(12)15/h3,7-10,12,14,16H,1,4-6,11,13H2,2H3;4-6,8-10H,2-3,7H2,1H3. The van der Waals surface area contributed by atoms with E-state index in [9.17, 15) is 9.59 Å². The zero-order valence-electron chi connectivity index (χ0n) is 24.5. The van der Waals surface area contributed by atoms with Crippen molar-refractivity contribution in [2.45, 2.75) is 71.0 Å². The molecule has 3 heterocycles. The molecular weight excluding hydrogens is 591 g/mol. The highest BCUT2D eigenvalue weighted by Crippen LogP contribution is 2.31. The maximum Gasteiger partial charge on any atom is 0.330 e. The summed E-state index contributed by atoms with van der Waals surface area (Å²) in [7, 11) is 0. The molecule has 0 bridgehead atoms. The number of furan rings is 1. The van der Waals surface area contributed by atoms with Gasteiger partial charge in [0.1, 0.15) is 30.8 Å². The SMILES string of the molecule is C=CCCCOC(=O)C(CC)N(Cc1ccco1)C(=O)n1ccnc1.CCCC(Cn1cncn1)c1ccc(Cl)cc1Cl. The van der Waals surface area contributed by atoms with E-state index in [1.807, 2.05) is 23.7 Å². The van der Waals surface area contributed by atoms with Gasteiger partial charge in [0.15, 0.2) is 0 Å². The van der Waals surface area contributed by atoms with E-state index in [2.05, 4.69) is 28.6 Å². The summed E-state index contributed by atoms with van der Waals surface area (Å²) in [4.78, 5) is 34.6. The van der Waals surface area contributed by atoms with Crippen molar-refractivity contribution in [1.29, 1.82) is 0 Å². The minimum atomic E-state index is -0.705. The average Bonchev–Trinajstić information content (AvgIpc) is 3.80. The number of hydrogen-bond donors (Lipinski definition) is 0. The Labute approximate surface area is 262 Å². The summed E-state index contributed by atoms with van der Waals surface area (Å²) >= 11 is 12.2. The molecule has 4 rings (SSSR count). The van der Waals surface area contributed by atoms with Crippen LogP contribution in [-0.2, 0) is 22.6 Å². The van der Waals surface area contributed by atoms with E-state index >= 15 is 0 Å². The van der Waals surface area contributed by atoms with Gasteiger partial charge in [-0.15, -0.1) is 6.58 Å². The van der Waals surface area contributed by atoms with Gasteiger partial charge in [-0.3, -0.25) is 9.25 Å². The van der Waals surface area contributed by atoms with E-state index in [1.165, 1.54) is 28.3 Å². The van der Waals surface area contributed by atoms with Crippen molar-refractivity contribution < 1.29 is 18.7 Å². The van der Waals surface area contributed by atoms with Crippen LogP contribution < -0.4 is 0 Å². The number of aromatic nitrogens is 5. The molecule has 12 heteroatoms. The number of imidazole rings is 1. The van der Waals surface area contributed by atoms with Crippen LogP contribution in [-0.4, -0.2) is 53.9 Å². The molecule has 0 aliphatic rings. The second kappa shape index (κ2) is 17.9. The number of unbranched alkanes of at least 4 members (excludes halogenated alkanes) is 1. The smallest absolute Gasteiger partial charge is 0.330 e. The summed E-state index contributed by atoms with van der Waals surface area (Å²) in [6.07, 6.45) is 15.1. The first-order valence-electron chi connectivity index (χ1n) is 14.2. The van der Waals surface area contributed by atoms with Gasteiger partial charge in [-0.25, -0.2) is 19.6 Å². The molecule has 4 aromatic rings. The third-order valence-electron chi connectivity index (χ3n) is 6.62. The third-order valence-corrected chi connectivity index (χ3v) is 7.19. The molecule has 43 heavy (non-hydrogen) atoms. The molecule has 2 atom stereocenters. The van der Waals surface area contributed by atoms with Crippen LogP contribution in [0, 0.1) is 0 Å². The number of carbonyl (C=O) groups is 2. The minimum absolute atomic E-state index is 0.171. The molecule has 2 unspecified atom stereocenters. The summed E-state index contributed by atoms with van der Waals surface area (Å²) in [5, 5.41) is 5.54. The maximum atomic E-state index is 12.8. The molecule has 10 nitrogen and oxygen atoms in total. The molecule has 0 spiro atoms. The Balaban J connectivity index is 0.000000248. The summed E-state index contributed by atoms with van der Waals surface area (Å²) in [6.45, 7) is 8.90. The van der Waals surface area contributed by atoms with Gasteiger partial charge >= 0.3 is 12.0 Å². The van der Waals surface area contributed by atoms with Crippen molar-refractivity contribution >= 4 is 35.2 Å². The number of halogens is 2. The second-order valence-electron chi connectivity index (χ2n) is 9.75. The Morgan fingerprint density at radius 1 is 1.19 bits per heavy atom. The van der Waals surface area contributed by atoms with Crippen molar-refractivity contribution in [3.63, 3.8) is 0 Å². The second-order valence-corrected chi connectivity index (χ2v) is 10.6. The predicted molar refractivity (Wildman–Crippen MR) is 166 cm³/mol. The average molecular weight is 630 g/mol. The van der Waals surface area contributed by atoms with E-state index < -0.39 is 12.0 Å². The minimum Gasteiger partial charge on any atom is -0.467 e. The van der Waals surface area contributed by atoms with Gasteiger partial charge in [-0.05, 0) is 55.5 Å². The number of amides is 1. The number of carbonyl (C=O) groups excluding carboxylic acids is 2. The first kappa shape index (κ1) is 33.6. The molecule has 0 saturated heterocycles. The summed E-state index contributed by atoms with van der Waals surface area (Å²) in [5.41, 5.74) is 1.12. The number of nitrogens with zero attached hydrogens (tertiary/aromatic N) is 6. The quantitative estimate of drug-likeness (QED) is 0.0812. The summed E-state index contributed by atoms with van der Waals surface area (Å²) in [6, 6.07) is 8.12. The number of esters is 1. The molecular formula is C31H38Cl2N6O4. The largest absolute Gasteiger partial charge is 0.467 e. The third kappa shape index (κ3) is 10.4. The fourth-order valence-corrected chi connectivity index (χ4v) is 5.05. The molecule has 0 aliphatic carbocycles. The van der Waals surface area contributed by atoms with Crippen LogP contribution >= 0.6 is 23.2 Å². The van der Waals surface area contributed by atoms with Crippen LogP contribution in [0.15, 0.2) is 85.0 Å². The molecule has 1 amide bonds. The van der Waals surface area contributed by atoms with Crippen molar-refractivity contribution in [2.24, 2.45) is 0 Å². The first-order valence-corrected chi connectivity index (χ1v) is 15.0. The van der Waals surface area contributed by atoms with Crippen molar-refractivity contribution in [2.75, 3.05) is 6.61 Å². The van der Waals surface area contributed by atoms with E-state index in [0.717, 1.165) is 36.4 Å². The van der Waals surface area contributed by atoms with Crippen LogP contribution in [0.3, 0.4) is 0 Å². The molecule has 0 saturated carbocycles. The highest BCUT2D eigenvalue weighted by molar-refractivity contribution is 6.35. The van der Waals surface area contributed by atoms with Crippen molar-refractivity contribution in [3.05, 3.63) is 102 Å². The Morgan fingerprint density at radius 3 is 2.63 bits per heavy atom. The zero-order valence-corrected chi connectivity index (χ0v) is 26.0. The number of rotatable bonds is 14. The van der Waals surface area contributed by atoms with Gasteiger partial charge in [0.05, 0.1) is 19.4 Å². The molecule has 3 aromatic heterocycles. The van der Waals surface area contributed by atoms with Gasteiger partial charge in [0.2, 0.25) is 0 Å². The number of hydrogen-bond acceptors (Lipinski definition) is 7. The zero-order chi connectivity index (χ0) is 31.0. The van der Waals surface area contributed by atoms with Gasteiger partial charge in [-0.1, -0.05) is 55.6 Å². The van der Waals surface area contributed by atoms with E-state index in [-0.39, 0.29) is 12.6 Å². The highest BCUT2D eigenvalue weighted by atomic mass is 35.5. The lowest BCUT2D eigenvalue weighted by Gasteiger charge is -2.28. The molecule has 0 fully saturated rings. The Kier molecular flexibility index (Phi) is 14.0. The number of allylic oxidation sites excluding steroid dienone is 1. The Bertz CT molecular complexity index is 1380. The van der Waals surface area contributed by atoms with E-state index in [4.69, 9.17) is 32.4 Å². The molecule has 0 N–H and O–H groups in total. The summed E-state index contributed by atoms with van der Waals surface area (Å²) in [5.74, 6) is 0.499. The lowest BCUT2D eigenvalue weighted by molar-refractivity contribution is -0.149.